The van der Waals surface area contributed by atoms with Crippen molar-refractivity contribution in [1.29, 1.82) is 5.41 Å². The van der Waals surface area contributed by atoms with Crippen molar-refractivity contribution in [2.45, 2.75) is 31.4 Å². The van der Waals surface area contributed by atoms with Crippen LogP contribution in [0.4, 0.5) is 4.79 Å². The number of rotatable bonds is 3. The lowest BCUT2D eigenvalue weighted by Gasteiger charge is -2.52. The van der Waals surface area contributed by atoms with Crippen LogP contribution in [-0.2, 0) is 14.3 Å². The number of ether oxygens (including phenoxy) is 1. The number of piperidine rings is 2. The minimum atomic E-state index is -1.02. The normalized spacial score (nSPS) is 34.0. The lowest BCUT2D eigenvalue weighted by Crippen LogP contribution is -2.73. The van der Waals surface area contributed by atoms with Crippen molar-refractivity contribution in [3.63, 3.8) is 0 Å². The van der Waals surface area contributed by atoms with Crippen LogP contribution < -0.4 is 5.32 Å². The third kappa shape index (κ3) is 2.00. The molecule has 3 amide bonds. The van der Waals surface area contributed by atoms with Crippen LogP contribution in [-0.4, -0.2) is 59.4 Å². The maximum atomic E-state index is 12.1. The summed E-state index contributed by atoms with van der Waals surface area (Å²) in [6.45, 7) is 1.78. The Hall–Kier alpha value is -2.58. The van der Waals surface area contributed by atoms with E-state index >= 15 is 0 Å². The zero-order valence-corrected chi connectivity index (χ0v) is 11.9. The quantitative estimate of drug-likeness (QED) is 0.422. The number of hydrogen-bond acceptors (Lipinski definition) is 5. The van der Waals surface area contributed by atoms with E-state index < -0.39 is 23.6 Å². The smallest absolute Gasteiger partial charge is 0.411 e. The average molecular weight is 305 g/mol. The Labute approximate surface area is 125 Å². The fraction of sp³-hybridized carbons (Fsp3) is 0.538. The molecule has 2 bridgehead atoms. The Morgan fingerprint density at radius 3 is 2.82 bits per heavy atom. The number of amidine groups is 1. The monoisotopic (exact) mass is 305 g/mol. The predicted octanol–water partition coefficient (Wildman–Crippen LogP) is -0.291. The van der Waals surface area contributed by atoms with Crippen LogP contribution in [0.3, 0.4) is 0 Å². The van der Waals surface area contributed by atoms with E-state index in [1.807, 2.05) is 0 Å². The number of carbonyl (C=O) groups is 3. The number of cyclic esters (lactones) is 1. The zero-order chi connectivity index (χ0) is 15.9. The Kier molecular flexibility index (Phi) is 3.27. The van der Waals surface area contributed by atoms with Crippen LogP contribution in [0.25, 0.3) is 0 Å². The highest BCUT2D eigenvalue weighted by atomic mass is 16.6. The highest BCUT2D eigenvalue weighted by molar-refractivity contribution is 6.08. The molecule has 0 aromatic rings. The van der Waals surface area contributed by atoms with Crippen LogP contribution in [0.15, 0.2) is 9.98 Å². The summed E-state index contributed by atoms with van der Waals surface area (Å²) in [6.07, 6.45) is 1.84. The van der Waals surface area contributed by atoms with Crippen molar-refractivity contribution in [2.24, 2.45) is 15.9 Å². The molecule has 4 aliphatic rings. The van der Waals surface area contributed by atoms with Gasteiger partial charge in [-0.25, -0.2) is 14.8 Å². The molecule has 3 aliphatic heterocycles. The van der Waals surface area contributed by atoms with Crippen LogP contribution in [0, 0.1) is 11.3 Å². The number of carbonyl (C=O) groups excluding carboxylic acids is 3. The third-order valence-electron chi connectivity index (χ3n) is 4.24. The molecule has 1 aliphatic carbocycles. The summed E-state index contributed by atoms with van der Waals surface area (Å²) < 4.78 is 5.12. The minimum absolute atomic E-state index is 0.0686. The minimum Gasteiger partial charge on any atom is -0.436 e. The molecular weight excluding hydrogens is 290 g/mol. The summed E-state index contributed by atoms with van der Waals surface area (Å²) >= 11 is 0. The van der Waals surface area contributed by atoms with E-state index in [4.69, 9.17) is 10.1 Å². The van der Waals surface area contributed by atoms with Gasteiger partial charge in [0.05, 0.1) is 6.54 Å². The van der Waals surface area contributed by atoms with E-state index in [-0.39, 0.29) is 24.2 Å². The maximum Gasteiger partial charge on any atom is 0.411 e. The first-order valence-electron chi connectivity index (χ1n) is 6.90. The molecule has 3 saturated heterocycles. The summed E-state index contributed by atoms with van der Waals surface area (Å²) in [5.41, 5.74) is -1.02. The van der Waals surface area contributed by atoms with Crippen molar-refractivity contribution < 1.29 is 19.1 Å². The summed E-state index contributed by atoms with van der Waals surface area (Å²) in [5, 5.41) is 10.1. The van der Waals surface area contributed by atoms with E-state index in [0.29, 0.717) is 12.8 Å². The Bertz CT molecular complexity index is 620. The maximum absolute atomic E-state index is 12.1. The second kappa shape index (κ2) is 5.00. The van der Waals surface area contributed by atoms with E-state index in [9.17, 15) is 14.4 Å². The number of aliphatic imine (C=N–C) groups is 2. The number of nitrogens with zero attached hydrogens (tertiary/aromatic N) is 3. The van der Waals surface area contributed by atoms with Gasteiger partial charge < -0.3 is 4.74 Å². The van der Waals surface area contributed by atoms with Crippen molar-refractivity contribution in [3.05, 3.63) is 0 Å². The molecule has 4 fully saturated rings. The average Bonchev–Trinajstić information content (AvgIpc) is 2.80. The summed E-state index contributed by atoms with van der Waals surface area (Å²) in [4.78, 5) is 44.4. The number of nitrogens with one attached hydrogen (secondary N) is 2. The lowest BCUT2D eigenvalue weighted by atomic mass is 9.63. The second-order valence-electron chi connectivity index (χ2n) is 5.48. The molecule has 4 rings (SSSR count). The van der Waals surface area contributed by atoms with Gasteiger partial charge in [0.15, 0.2) is 11.9 Å². The number of imide groups is 1. The predicted molar refractivity (Wildman–Crippen MR) is 76.0 cm³/mol. The summed E-state index contributed by atoms with van der Waals surface area (Å²) in [7, 11) is 0. The van der Waals surface area contributed by atoms with Crippen molar-refractivity contribution in [1.82, 2.24) is 10.2 Å². The molecule has 0 spiro atoms. The van der Waals surface area contributed by atoms with Gasteiger partial charge in [-0.15, -0.1) is 0 Å². The second-order valence-corrected chi connectivity index (χ2v) is 5.48. The van der Waals surface area contributed by atoms with Crippen molar-refractivity contribution in [2.75, 3.05) is 6.54 Å². The van der Waals surface area contributed by atoms with Gasteiger partial charge in [-0.1, -0.05) is 0 Å². The zero-order valence-electron chi connectivity index (χ0n) is 11.9. The highest BCUT2D eigenvalue weighted by Gasteiger charge is 2.64. The van der Waals surface area contributed by atoms with Gasteiger partial charge in [-0.3, -0.25) is 25.2 Å². The summed E-state index contributed by atoms with van der Waals surface area (Å²) in [6, 6.07) is 0. The molecule has 3 heterocycles. The fourth-order valence-corrected chi connectivity index (χ4v) is 3.00. The topological polar surface area (TPSA) is 124 Å². The molecule has 1 unspecified atom stereocenters. The van der Waals surface area contributed by atoms with Crippen molar-refractivity contribution in [3.8, 4) is 0 Å². The van der Waals surface area contributed by atoms with Crippen LogP contribution in [0.1, 0.15) is 19.8 Å². The Balaban J connectivity index is 1.72. The molecule has 9 nitrogen and oxygen atoms in total. The van der Waals surface area contributed by atoms with Crippen LogP contribution in [0.2, 0.25) is 0 Å². The molecule has 22 heavy (non-hydrogen) atoms. The van der Waals surface area contributed by atoms with Gasteiger partial charge in [0.1, 0.15) is 11.9 Å². The molecule has 0 aromatic carbocycles. The number of hydrogen-bond donors (Lipinski definition) is 2. The van der Waals surface area contributed by atoms with Gasteiger partial charge in [-0.2, -0.15) is 0 Å². The number of fused-ring (bicyclic) bond motifs is 2. The molecule has 2 N–H and O–H groups in total. The van der Waals surface area contributed by atoms with Gasteiger partial charge >= 0.3 is 6.09 Å². The molecule has 9 heteroatoms. The first kappa shape index (κ1) is 14.4. The van der Waals surface area contributed by atoms with Gasteiger partial charge in [0.25, 0.3) is 5.91 Å². The van der Waals surface area contributed by atoms with Crippen molar-refractivity contribution >= 4 is 36.3 Å². The molecule has 0 aromatic heterocycles. The summed E-state index contributed by atoms with van der Waals surface area (Å²) in [5.74, 6) is -1.13. The standard InChI is InChI=1S/C13H15N5O4/c1-2-15-6-16-9(14)8-5-18(12(21)22-8)13-3-7(4-13)10(19)17-11(13)20/h2,6-8,14H,3-5H2,1H3,(H,17,19,20). The number of amides is 3. The first-order chi connectivity index (χ1) is 10.5. The largest absolute Gasteiger partial charge is 0.436 e. The highest BCUT2D eigenvalue weighted by Crippen LogP contribution is 2.47. The van der Waals surface area contributed by atoms with Gasteiger partial charge in [-0.05, 0) is 19.8 Å². The van der Waals surface area contributed by atoms with Gasteiger partial charge in [0.2, 0.25) is 5.91 Å². The SMILES string of the molecule is CC=NC=NC(=N)C1CN(C23CC(C2)C(=O)NC3=O)C(=O)O1. The van der Waals surface area contributed by atoms with E-state index in [1.165, 1.54) is 17.5 Å². The molecular formula is C13H15N5O4. The van der Waals surface area contributed by atoms with E-state index in [1.54, 1.807) is 6.92 Å². The molecule has 0 radical (unpaired) electrons. The fourth-order valence-electron chi connectivity index (χ4n) is 3.00. The van der Waals surface area contributed by atoms with E-state index in [0.717, 1.165) is 0 Å². The van der Waals surface area contributed by atoms with E-state index in [2.05, 4.69) is 15.3 Å². The Morgan fingerprint density at radius 2 is 2.18 bits per heavy atom. The molecule has 1 atom stereocenters. The first-order valence-corrected chi connectivity index (χ1v) is 6.90. The Morgan fingerprint density at radius 1 is 1.45 bits per heavy atom. The van der Waals surface area contributed by atoms with Crippen LogP contribution >= 0.6 is 0 Å². The lowest BCUT2D eigenvalue weighted by molar-refractivity contribution is -0.159. The molecule has 116 valence electrons. The van der Waals surface area contributed by atoms with Gasteiger partial charge in [0, 0.05) is 12.1 Å². The molecule has 1 saturated carbocycles. The third-order valence-corrected chi connectivity index (χ3v) is 4.24. The van der Waals surface area contributed by atoms with Crippen LogP contribution in [0.5, 0.6) is 0 Å².